The van der Waals surface area contributed by atoms with Gasteiger partial charge in [0.15, 0.2) is 0 Å². The average Bonchev–Trinajstić information content (AvgIpc) is 2.29. The van der Waals surface area contributed by atoms with Crippen LogP contribution in [0.5, 0.6) is 0 Å². The van der Waals surface area contributed by atoms with E-state index in [-0.39, 0.29) is 4.90 Å². The molecule has 2 aromatic rings. The van der Waals surface area contributed by atoms with E-state index in [2.05, 4.69) is 20.7 Å². The summed E-state index contributed by atoms with van der Waals surface area (Å²) in [5.41, 5.74) is 0.499. The van der Waals surface area contributed by atoms with Gasteiger partial charge >= 0.3 is 0 Å². The fourth-order valence-electron chi connectivity index (χ4n) is 1.38. The van der Waals surface area contributed by atoms with Gasteiger partial charge < -0.3 is 0 Å². The third-order valence-electron chi connectivity index (χ3n) is 2.20. The molecular formula is C12H9BrClNO2S. The standard InChI is InChI=1S/C12H9BrClNO2S/c13-9-2-1-3-11(8-9)15-18(16,17)12-6-4-10(14)5-7-12/h1-8,15H. The van der Waals surface area contributed by atoms with Crippen molar-refractivity contribution in [3.63, 3.8) is 0 Å². The first-order chi connectivity index (χ1) is 8.47. The molecule has 0 spiro atoms. The second kappa shape index (κ2) is 5.30. The zero-order chi connectivity index (χ0) is 13.2. The second-order valence-electron chi connectivity index (χ2n) is 3.57. The highest BCUT2D eigenvalue weighted by Gasteiger charge is 2.13. The lowest BCUT2D eigenvalue weighted by atomic mass is 10.3. The SMILES string of the molecule is O=S(=O)(Nc1cccc(Br)c1)c1ccc(Cl)cc1. The predicted octanol–water partition coefficient (Wildman–Crippen LogP) is 3.90. The van der Waals surface area contributed by atoms with Gasteiger partial charge in [-0.2, -0.15) is 0 Å². The highest BCUT2D eigenvalue weighted by molar-refractivity contribution is 9.10. The van der Waals surface area contributed by atoms with Crippen molar-refractivity contribution in [2.45, 2.75) is 4.90 Å². The van der Waals surface area contributed by atoms with Gasteiger partial charge in [-0.3, -0.25) is 4.72 Å². The zero-order valence-electron chi connectivity index (χ0n) is 9.10. The monoisotopic (exact) mass is 345 g/mol. The molecule has 0 unspecified atom stereocenters. The molecule has 0 saturated heterocycles. The molecule has 0 amide bonds. The number of nitrogens with one attached hydrogen (secondary N) is 1. The van der Waals surface area contributed by atoms with Crippen LogP contribution in [-0.4, -0.2) is 8.42 Å². The Morgan fingerprint density at radius 3 is 2.33 bits per heavy atom. The first kappa shape index (κ1) is 13.4. The van der Waals surface area contributed by atoms with Gasteiger partial charge in [0.1, 0.15) is 0 Å². The lowest BCUT2D eigenvalue weighted by molar-refractivity contribution is 0.601. The number of halogens is 2. The minimum absolute atomic E-state index is 0.173. The Kier molecular flexibility index (Phi) is 3.94. The molecular weight excluding hydrogens is 338 g/mol. The number of benzene rings is 2. The van der Waals surface area contributed by atoms with Crippen LogP contribution in [0.3, 0.4) is 0 Å². The molecule has 0 aliphatic carbocycles. The van der Waals surface area contributed by atoms with E-state index in [1.807, 2.05) is 6.07 Å². The topological polar surface area (TPSA) is 46.2 Å². The van der Waals surface area contributed by atoms with E-state index in [9.17, 15) is 8.42 Å². The number of hydrogen-bond acceptors (Lipinski definition) is 2. The van der Waals surface area contributed by atoms with Gasteiger partial charge in [0, 0.05) is 15.2 Å². The van der Waals surface area contributed by atoms with Crippen LogP contribution in [0.25, 0.3) is 0 Å². The van der Waals surface area contributed by atoms with E-state index in [1.165, 1.54) is 24.3 Å². The second-order valence-corrected chi connectivity index (χ2v) is 6.60. The van der Waals surface area contributed by atoms with Crippen molar-refractivity contribution in [1.82, 2.24) is 0 Å². The van der Waals surface area contributed by atoms with Crippen LogP contribution in [-0.2, 0) is 10.0 Å². The summed E-state index contributed by atoms with van der Waals surface area (Å²) >= 11 is 9.00. The van der Waals surface area contributed by atoms with E-state index in [0.717, 1.165) is 4.47 Å². The first-order valence-electron chi connectivity index (χ1n) is 5.01. The van der Waals surface area contributed by atoms with Crippen LogP contribution >= 0.6 is 27.5 Å². The van der Waals surface area contributed by atoms with Gasteiger partial charge in [0.25, 0.3) is 10.0 Å². The maximum Gasteiger partial charge on any atom is 0.261 e. The molecule has 0 radical (unpaired) electrons. The molecule has 2 aromatic carbocycles. The summed E-state index contributed by atoms with van der Waals surface area (Å²) in [6, 6.07) is 12.9. The molecule has 18 heavy (non-hydrogen) atoms. The number of hydrogen-bond donors (Lipinski definition) is 1. The van der Waals surface area contributed by atoms with E-state index in [4.69, 9.17) is 11.6 Å². The fraction of sp³-hybridized carbons (Fsp3) is 0. The summed E-state index contributed by atoms with van der Waals surface area (Å²) in [5, 5.41) is 0.497. The normalized spacial score (nSPS) is 11.2. The van der Waals surface area contributed by atoms with Crippen LogP contribution in [0, 0.1) is 0 Å². The lowest BCUT2D eigenvalue weighted by Crippen LogP contribution is -2.12. The molecule has 0 aliphatic heterocycles. The van der Waals surface area contributed by atoms with Crippen molar-refractivity contribution in [2.75, 3.05) is 4.72 Å². The Hall–Kier alpha value is -1.04. The summed E-state index contributed by atoms with van der Waals surface area (Å²) < 4.78 is 27.4. The minimum atomic E-state index is -3.58. The third-order valence-corrected chi connectivity index (χ3v) is 4.34. The molecule has 0 saturated carbocycles. The molecule has 3 nitrogen and oxygen atoms in total. The molecule has 0 aromatic heterocycles. The van der Waals surface area contributed by atoms with E-state index < -0.39 is 10.0 Å². The highest BCUT2D eigenvalue weighted by Crippen LogP contribution is 2.20. The van der Waals surface area contributed by atoms with Gasteiger partial charge in [-0.05, 0) is 42.5 Å². The smallest absolute Gasteiger partial charge is 0.261 e. The third kappa shape index (κ3) is 3.25. The molecule has 6 heteroatoms. The summed E-state index contributed by atoms with van der Waals surface area (Å²) in [5.74, 6) is 0. The Bertz CT molecular complexity index is 656. The van der Waals surface area contributed by atoms with Gasteiger partial charge in [-0.15, -0.1) is 0 Å². The van der Waals surface area contributed by atoms with Crippen molar-refractivity contribution in [1.29, 1.82) is 0 Å². The Morgan fingerprint density at radius 2 is 1.72 bits per heavy atom. The summed E-state index contributed by atoms with van der Waals surface area (Å²) in [7, 11) is -3.58. The lowest BCUT2D eigenvalue weighted by Gasteiger charge is -2.08. The number of sulfonamides is 1. The van der Waals surface area contributed by atoms with Crippen molar-refractivity contribution >= 4 is 43.2 Å². The molecule has 2 rings (SSSR count). The van der Waals surface area contributed by atoms with Crippen LogP contribution in [0.2, 0.25) is 5.02 Å². The molecule has 0 aliphatic rings. The average molecular weight is 347 g/mol. The predicted molar refractivity (Wildman–Crippen MR) is 76.4 cm³/mol. The van der Waals surface area contributed by atoms with Crippen LogP contribution in [0.4, 0.5) is 5.69 Å². The van der Waals surface area contributed by atoms with Crippen LogP contribution in [0.1, 0.15) is 0 Å². The molecule has 0 bridgehead atoms. The quantitative estimate of drug-likeness (QED) is 0.916. The summed E-state index contributed by atoms with van der Waals surface area (Å²) in [6.07, 6.45) is 0. The van der Waals surface area contributed by atoms with Gasteiger partial charge in [0.2, 0.25) is 0 Å². The van der Waals surface area contributed by atoms with Gasteiger partial charge in [-0.1, -0.05) is 33.6 Å². The molecule has 0 fully saturated rings. The maximum atomic E-state index is 12.1. The van der Waals surface area contributed by atoms with Gasteiger partial charge in [0.05, 0.1) is 4.90 Å². The summed E-state index contributed by atoms with van der Waals surface area (Å²) in [4.78, 5) is 0.173. The largest absolute Gasteiger partial charge is 0.280 e. The maximum absolute atomic E-state index is 12.1. The van der Waals surface area contributed by atoms with Crippen molar-refractivity contribution in [2.24, 2.45) is 0 Å². The summed E-state index contributed by atoms with van der Waals surface area (Å²) in [6.45, 7) is 0. The number of rotatable bonds is 3. The number of anilines is 1. The Labute approximate surface area is 119 Å². The van der Waals surface area contributed by atoms with E-state index in [0.29, 0.717) is 10.7 Å². The van der Waals surface area contributed by atoms with Crippen molar-refractivity contribution < 1.29 is 8.42 Å². The Morgan fingerprint density at radius 1 is 1.06 bits per heavy atom. The van der Waals surface area contributed by atoms with Crippen molar-refractivity contribution in [3.05, 3.63) is 58.0 Å². The molecule has 0 heterocycles. The first-order valence-corrected chi connectivity index (χ1v) is 7.67. The van der Waals surface area contributed by atoms with Crippen LogP contribution < -0.4 is 4.72 Å². The van der Waals surface area contributed by atoms with Crippen molar-refractivity contribution in [3.8, 4) is 0 Å². The molecule has 94 valence electrons. The zero-order valence-corrected chi connectivity index (χ0v) is 12.3. The van der Waals surface area contributed by atoms with E-state index >= 15 is 0 Å². The van der Waals surface area contributed by atoms with Crippen LogP contribution in [0.15, 0.2) is 57.9 Å². The molecule has 1 N–H and O–H groups in total. The molecule has 0 atom stereocenters. The highest BCUT2D eigenvalue weighted by atomic mass is 79.9. The fourth-order valence-corrected chi connectivity index (χ4v) is 2.95. The minimum Gasteiger partial charge on any atom is -0.280 e. The van der Waals surface area contributed by atoms with Gasteiger partial charge in [-0.25, -0.2) is 8.42 Å². The van der Waals surface area contributed by atoms with E-state index in [1.54, 1.807) is 18.2 Å². The Balaban J connectivity index is 2.30.